The second-order valence-corrected chi connectivity index (χ2v) is 7.92. The van der Waals surface area contributed by atoms with Crippen LogP contribution in [0.25, 0.3) is 0 Å². The Bertz CT molecular complexity index is 396. The largest absolute Gasteiger partial charge is 0.349 e. The molecule has 0 radical (unpaired) electrons. The number of hydrogen-bond donors (Lipinski definition) is 0. The molecule has 4 nitrogen and oxygen atoms in total. The van der Waals surface area contributed by atoms with Crippen molar-refractivity contribution < 1.29 is 4.79 Å². The van der Waals surface area contributed by atoms with Crippen molar-refractivity contribution in [3.8, 4) is 0 Å². The molecule has 0 unspecified atom stereocenters. The lowest BCUT2D eigenvalue weighted by molar-refractivity contribution is -0.129. The summed E-state index contributed by atoms with van der Waals surface area (Å²) in [5, 5.41) is 0. The molecule has 3 heterocycles. The highest BCUT2D eigenvalue weighted by Crippen LogP contribution is 2.42. The fraction of sp³-hybridized carbons (Fsp3) is 0.944. The molecule has 0 aromatic carbocycles. The fourth-order valence-corrected chi connectivity index (χ4v) is 5.33. The van der Waals surface area contributed by atoms with Gasteiger partial charge < -0.3 is 9.80 Å². The van der Waals surface area contributed by atoms with Crippen molar-refractivity contribution in [3.05, 3.63) is 0 Å². The van der Waals surface area contributed by atoms with Gasteiger partial charge >= 0.3 is 0 Å². The molecular formula is C18H33N3O. The topological polar surface area (TPSA) is 26.8 Å². The van der Waals surface area contributed by atoms with Crippen molar-refractivity contribution in [1.82, 2.24) is 14.7 Å². The second kappa shape index (κ2) is 6.88. The van der Waals surface area contributed by atoms with Crippen LogP contribution < -0.4 is 0 Å². The van der Waals surface area contributed by atoms with Gasteiger partial charge in [0, 0.05) is 39.1 Å². The van der Waals surface area contributed by atoms with Crippen LogP contribution in [-0.2, 0) is 4.79 Å². The lowest BCUT2D eigenvalue weighted by Gasteiger charge is -2.57. The van der Waals surface area contributed by atoms with E-state index in [2.05, 4.69) is 16.8 Å². The number of rotatable bonds is 4. The van der Waals surface area contributed by atoms with E-state index in [-0.39, 0.29) is 5.91 Å². The van der Waals surface area contributed by atoms with Gasteiger partial charge in [0.05, 0.1) is 0 Å². The molecule has 4 heteroatoms. The molecular weight excluding hydrogens is 274 g/mol. The minimum atomic E-state index is 0.277. The molecule has 0 aromatic heterocycles. The van der Waals surface area contributed by atoms with Crippen LogP contribution in [0.3, 0.4) is 0 Å². The van der Waals surface area contributed by atoms with Crippen LogP contribution in [0, 0.1) is 11.8 Å². The monoisotopic (exact) mass is 307 g/mol. The van der Waals surface area contributed by atoms with Gasteiger partial charge in [0.1, 0.15) is 0 Å². The second-order valence-electron chi connectivity index (χ2n) is 7.92. The SMILES string of the molecule is CN(C)C(=O)CCC[C@@H]1[C@H]2CCCN3CCC[C@@H](CN1C)[C@@H]23. The minimum absolute atomic E-state index is 0.277. The summed E-state index contributed by atoms with van der Waals surface area (Å²) < 4.78 is 0. The smallest absolute Gasteiger partial charge is 0.222 e. The van der Waals surface area contributed by atoms with Crippen LogP contribution in [0.1, 0.15) is 44.9 Å². The van der Waals surface area contributed by atoms with Crippen LogP contribution >= 0.6 is 0 Å². The van der Waals surface area contributed by atoms with E-state index in [9.17, 15) is 4.79 Å². The highest BCUT2D eigenvalue weighted by Gasteiger charge is 2.47. The van der Waals surface area contributed by atoms with Gasteiger partial charge in [0.15, 0.2) is 0 Å². The Balaban J connectivity index is 1.62. The zero-order valence-corrected chi connectivity index (χ0v) is 14.6. The Labute approximate surface area is 135 Å². The van der Waals surface area contributed by atoms with Crippen molar-refractivity contribution in [1.29, 1.82) is 0 Å². The molecule has 4 atom stereocenters. The van der Waals surface area contributed by atoms with Crippen molar-refractivity contribution >= 4 is 5.91 Å². The summed E-state index contributed by atoms with van der Waals surface area (Å²) in [6.07, 6.45) is 8.53. The van der Waals surface area contributed by atoms with Gasteiger partial charge in [0.2, 0.25) is 5.91 Å². The van der Waals surface area contributed by atoms with Crippen LogP contribution in [-0.4, -0.2) is 73.5 Å². The molecule has 22 heavy (non-hydrogen) atoms. The fourth-order valence-electron chi connectivity index (χ4n) is 5.33. The predicted octanol–water partition coefficient (Wildman–Crippen LogP) is 2.05. The normalized spacial score (nSPS) is 36.0. The first-order chi connectivity index (χ1) is 10.6. The van der Waals surface area contributed by atoms with Crippen molar-refractivity contribution in [3.63, 3.8) is 0 Å². The number of likely N-dealkylation sites (tertiary alicyclic amines) is 1. The summed E-state index contributed by atoms with van der Waals surface area (Å²) in [6.45, 7) is 3.92. The number of piperidine rings is 3. The molecule has 1 amide bonds. The summed E-state index contributed by atoms with van der Waals surface area (Å²) in [6, 6.07) is 1.53. The van der Waals surface area contributed by atoms with Crippen LogP contribution in [0.4, 0.5) is 0 Å². The summed E-state index contributed by atoms with van der Waals surface area (Å²) in [4.78, 5) is 19.0. The first-order valence-corrected chi connectivity index (χ1v) is 9.22. The summed E-state index contributed by atoms with van der Waals surface area (Å²) in [5.41, 5.74) is 0. The molecule has 0 bridgehead atoms. The zero-order valence-electron chi connectivity index (χ0n) is 14.6. The minimum Gasteiger partial charge on any atom is -0.349 e. The highest BCUT2D eigenvalue weighted by molar-refractivity contribution is 5.75. The van der Waals surface area contributed by atoms with E-state index in [1.165, 1.54) is 51.7 Å². The third kappa shape index (κ3) is 3.18. The van der Waals surface area contributed by atoms with Gasteiger partial charge in [-0.3, -0.25) is 9.69 Å². The number of hydrogen-bond acceptors (Lipinski definition) is 3. The van der Waals surface area contributed by atoms with Crippen LogP contribution in [0.5, 0.6) is 0 Å². The third-order valence-electron chi connectivity index (χ3n) is 6.32. The Morgan fingerprint density at radius 2 is 1.91 bits per heavy atom. The average Bonchev–Trinajstić information content (AvgIpc) is 2.50. The molecule has 0 saturated carbocycles. The van der Waals surface area contributed by atoms with E-state index in [4.69, 9.17) is 0 Å². The average molecular weight is 307 g/mol. The highest BCUT2D eigenvalue weighted by atomic mass is 16.2. The lowest BCUT2D eigenvalue weighted by atomic mass is 9.69. The molecule has 3 fully saturated rings. The Morgan fingerprint density at radius 1 is 1.18 bits per heavy atom. The predicted molar refractivity (Wildman–Crippen MR) is 89.8 cm³/mol. The van der Waals surface area contributed by atoms with Gasteiger partial charge in [-0.05, 0) is 70.5 Å². The van der Waals surface area contributed by atoms with E-state index in [1.807, 2.05) is 14.1 Å². The van der Waals surface area contributed by atoms with E-state index in [0.29, 0.717) is 12.5 Å². The molecule has 0 N–H and O–H groups in total. The molecule has 3 rings (SSSR count). The quantitative estimate of drug-likeness (QED) is 0.795. The Morgan fingerprint density at radius 3 is 2.64 bits per heavy atom. The summed E-state index contributed by atoms with van der Waals surface area (Å²) in [7, 11) is 6.05. The van der Waals surface area contributed by atoms with Crippen molar-refractivity contribution in [2.45, 2.75) is 57.0 Å². The van der Waals surface area contributed by atoms with Crippen molar-refractivity contribution in [2.75, 3.05) is 40.8 Å². The number of nitrogens with zero attached hydrogens (tertiary/aromatic N) is 3. The lowest BCUT2D eigenvalue weighted by Crippen LogP contribution is -2.63. The first kappa shape index (κ1) is 16.3. The van der Waals surface area contributed by atoms with E-state index < -0.39 is 0 Å². The maximum atomic E-state index is 11.8. The Hall–Kier alpha value is -0.610. The Kier molecular flexibility index (Phi) is 5.08. The number of amides is 1. The number of carbonyl (C=O) groups is 1. The van der Waals surface area contributed by atoms with Crippen molar-refractivity contribution in [2.24, 2.45) is 11.8 Å². The third-order valence-corrected chi connectivity index (χ3v) is 6.32. The molecule has 126 valence electrons. The first-order valence-electron chi connectivity index (χ1n) is 9.22. The van der Waals surface area contributed by atoms with E-state index >= 15 is 0 Å². The standard InChI is InChI=1S/C18H33N3O/c1-19(2)17(22)10-4-9-16-15-8-6-12-21-11-5-7-14(18(15)21)13-20(16)3/h14-16,18H,4-13H2,1-3H3/t14-,15+,16+,18-/m0/s1. The van der Waals surface area contributed by atoms with Gasteiger partial charge in [-0.25, -0.2) is 0 Å². The van der Waals surface area contributed by atoms with Gasteiger partial charge in [-0.1, -0.05) is 0 Å². The van der Waals surface area contributed by atoms with Gasteiger partial charge in [0.25, 0.3) is 0 Å². The maximum Gasteiger partial charge on any atom is 0.222 e. The zero-order chi connectivity index (χ0) is 15.7. The van der Waals surface area contributed by atoms with Gasteiger partial charge in [-0.2, -0.15) is 0 Å². The van der Waals surface area contributed by atoms with Gasteiger partial charge in [-0.15, -0.1) is 0 Å². The molecule has 3 aliphatic rings. The molecule has 0 aliphatic carbocycles. The van der Waals surface area contributed by atoms with E-state index in [0.717, 1.165) is 24.3 Å². The van der Waals surface area contributed by atoms with E-state index in [1.54, 1.807) is 4.90 Å². The van der Waals surface area contributed by atoms with Crippen LogP contribution in [0.2, 0.25) is 0 Å². The van der Waals surface area contributed by atoms with Crippen LogP contribution in [0.15, 0.2) is 0 Å². The molecule has 3 saturated heterocycles. The number of carbonyl (C=O) groups excluding carboxylic acids is 1. The molecule has 0 spiro atoms. The molecule has 3 aliphatic heterocycles. The summed E-state index contributed by atoms with van der Waals surface area (Å²) >= 11 is 0. The summed E-state index contributed by atoms with van der Waals surface area (Å²) in [5.74, 6) is 2.01. The maximum absolute atomic E-state index is 11.8. The molecule has 0 aromatic rings.